The number of benzene rings is 1. The van der Waals surface area contributed by atoms with Crippen LogP contribution in [0.4, 0.5) is 0 Å². The van der Waals surface area contributed by atoms with Gasteiger partial charge in [0, 0.05) is 19.1 Å². The molecular formula is C20H26N2O4S. The Morgan fingerprint density at radius 3 is 2.41 bits per heavy atom. The van der Waals surface area contributed by atoms with E-state index in [1.807, 2.05) is 12.1 Å². The SMILES string of the molecule is CC(C)Cc1ccc(S(=O)(=O)NC2CCN(C(=O)c3ccoc3)CC2)cc1. The summed E-state index contributed by atoms with van der Waals surface area (Å²) >= 11 is 0. The summed E-state index contributed by atoms with van der Waals surface area (Å²) in [6.45, 7) is 5.31. The fraction of sp³-hybridized carbons (Fsp3) is 0.450. The van der Waals surface area contributed by atoms with Crippen LogP contribution >= 0.6 is 0 Å². The predicted molar refractivity (Wildman–Crippen MR) is 103 cm³/mol. The smallest absolute Gasteiger partial charge is 0.257 e. The summed E-state index contributed by atoms with van der Waals surface area (Å²) < 4.78 is 33.0. The van der Waals surface area contributed by atoms with Gasteiger partial charge in [0.1, 0.15) is 6.26 Å². The van der Waals surface area contributed by atoms with E-state index in [1.165, 1.54) is 12.5 Å². The lowest BCUT2D eigenvalue weighted by atomic mass is 10.0. The molecule has 0 unspecified atom stereocenters. The van der Waals surface area contributed by atoms with Crippen LogP contribution in [0, 0.1) is 5.92 Å². The molecule has 0 saturated carbocycles. The number of carbonyl (C=O) groups excluding carboxylic acids is 1. The van der Waals surface area contributed by atoms with E-state index in [1.54, 1.807) is 23.1 Å². The van der Waals surface area contributed by atoms with Gasteiger partial charge in [-0.2, -0.15) is 0 Å². The van der Waals surface area contributed by atoms with Crippen molar-refractivity contribution >= 4 is 15.9 Å². The van der Waals surface area contributed by atoms with Crippen molar-refractivity contribution in [2.75, 3.05) is 13.1 Å². The molecule has 2 heterocycles. The molecule has 1 aromatic carbocycles. The van der Waals surface area contributed by atoms with Crippen LogP contribution < -0.4 is 4.72 Å². The number of amides is 1. The molecule has 2 aromatic rings. The highest BCUT2D eigenvalue weighted by Crippen LogP contribution is 2.18. The number of hydrogen-bond acceptors (Lipinski definition) is 4. The lowest BCUT2D eigenvalue weighted by molar-refractivity contribution is 0.0710. The number of likely N-dealkylation sites (tertiary alicyclic amines) is 1. The van der Waals surface area contributed by atoms with Gasteiger partial charge in [-0.05, 0) is 48.9 Å². The van der Waals surface area contributed by atoms with Crippen LogP contribution in [0.25, 0.3) is 0 Å². The minimum atomic E-state index is -3.55. The Kier molecular flexibility index (Phi) is 6.01. The molecule has 1 amide bonds. The fourth-order valence-corrected chi connectivity index (χ4v) is 4.64. The van der Waals surface area contributed by atoms with Crippen molar-refractivity contribution in [2.24, 2.45) is 5.92 Å². The van der Waals surface area contributed by atoms with Gasteiger partial charge in [-0.1, -0.05) is 26.0 Å². The Bertz CT molecular complexity index is 850. The number of sulfonamides is 1. The largest absolute Gasteiger partial charge is 0.472 e. The second-order valence-electron chi connectivity index (χ2n) is 7.44. The first kappa shape index (κ1) is 19.6. The molecule has 0 spiro atoms. The molecule has 7 heteroatoms. The number of nitrogens with zero attached hydrogens (tertiary/aromatic N) is 1. The van der Waals surface area contributed by atoms with Gasteiger partial charge < -0.3 is 9.32 Å². The van der Waals surface area contributed by atoms with E-state index in [-0.39, 0.29) is 16.8 Å². The summed E-state index contributed by atoms with van der Waals surface area (Å²) in [7, 11) is -3.55. The zero-order valence-corrected chi connectivity index (χ0v) is 16.5. The normalized spacial score (nSPS) is 16.0. The summed E-state index contributed by atoms with van der Waals surface area (Å²) in [5, 5.41) is 0. The molecule has 0 bridgehead atoms. The average Bonchev–Trinajstić information content (AvgIpc) is 3.16. The maximum atomic E-state index is 12.6. The van der Waals surface area contributed by atoms with E-state index in [2.05, 4.69) is 18.6 Å². The molecule has 1 N–H and O–H groups in total. The zero-order valence-electron chi connectivity index (χ0n) is 15.7. The van der Waals surface area contributed by atoms with Crippen LogP contribution in [0.3, 0.4) is 0 Å². The van der Waals surface area contributed by atoms with Crippen molar-refractivity contribution in [2.45, 2.75) is 44.0 Å². The Hall–Kier alpha value is -2.12. The van der Waals surface area contributed by atoms with Crippen molar-refractivity contribution in [3.8, 4) is 0 Å². The highest BCUT2D eigenvalue weighted by Gasteiger charge is 2.27. The number of piperidine rings is 1. The summed E-state index contributed by atoms with van der Waals surface area (Å²) in [5.74, 6) is 0.450. The number of hydrogen-bond donors (Lipinski definition) is 1. The third-order valence-corrected chi connectivity index (χ3v) is 6.29. The van der Waals surface area contributed by atoms with E-state index in [0.717, 1.165) is 12.0 Å². The maximum Gasteiger partial charge on any atom is 0.257 e. The maximum absolute atomic E-state index is 12.6. The lowest BCUT2D eigenvalue weighted by Gasteiger charge is -2.32. The van der Waals surface area contributed by atoms with Gasteiger partial charge >= 0.3 is 0 Å². The summed E-state index contributed by atoms with van der Waals surface area (Å²) in [6.07, 6.45) is 5.01. The topological polar surface area (TPSA) is 79.6 Å². The first-order valence-corrected chi connectivity index (χ1v) is 10.8. The average molecular weight is 391 g/mol. The van der Waals surface area contributed by atoms with Gasteiger partial charge in [0.2, 0.25) is 10.0 Å². The molecule has 1 fully saturated rings. The second kappa shape index (κ2) is 8.27. The van der Waals surface area contributed by atoms with E-state index < -0.39 is 10.0 Å². The molecule has 1 saturated heterocycles. The third-order valence-electron chi connectivity index (χ3n) is 4.75. The molecular weight excluding hydrogens is 364 g/mol. The van der Waals surface area contributed by atoms with E-state index >= 15 is 0 Å². The molecule has 3 rings (SSSR count). The molecule has 27 heavy (non-hydrogen) atoms. The minimum absolute atomic E-state index is 0.0780. The van der Waals surface area contributed by atoms with E-state index in [9.17, 15) is 13.2 Å². The highest BCUT2D eigenvalue weighted by atomic mass is 32.2. The van der Waals surface area contributed by atoms with Crippen LogP contribution in [-0.4, -0.2) is 38.4 Å². The number of nitrogens with one attached hydrogen (secondary N) is 1. The molecule has 1 aliphatic rings. The summed E-state index contributed by atoms with van der Waals surface area (Å²) in [6, 6.07) is 8.55. The molecule has 0 aliphatic carbocycles. The van der Waals surface area contributed by atoms with Crippen LogP contribution in [-0.2, 0) is 16.4 Å². The van der Waals surface area contributed by atoms with Gasteiger partial charge in [-0.25, -0.2) is 13.1 Å². The Labute approximate surface area is 160 Å². The van der Waals surface area contributed by atoms with Crippen molar-refractivity contribution in [1.29, 1.82) is 0 Å². The van der Waals surface area contributed by atoms with E-state index in [0.29, 0.717) is 37.4 Å². The molecule has 0 radical (unpaired) electrons. The molecule has 6 nitrogen and oxygen atoms in total. The quantitative estimate of drug-likeness (QED) is 0.822. The predicted octanol–water partition coefficient (Wildman–Crippen LogP) is 3.06. The summed E-state index contributed by atoms with van der Waals surface area (Å²) in [4.78, 5) is 14.3. The van der Waals surface area contributed by atoms with Crippen molar-refractivity contribution in [3.63, 3.8) is 0 Å². The standard InChI is InChI=1S/C20H26N2O4S/c1-15(2)13-16-3-5-19(6-4-16)27(24,25)21-18-7-10-22(11-8-18)20(23)17-9-12-26-14-17/h3-6,9,12,14-15,18,21H,7-8,10-11,13H2,1-2H3. The third kappa shape index (κ3) is 4.99. The van der Waals surface area contributed by atoms with Crippen molar-refractivity contribution in [1.82, 2.24) is 9.62 Å². The molecule has 0 atom stereocenters. The van der Waals surface area contributed by atoms with E-state index in [4.69, 9.17) is 4.42 Å². The van der Waals surface area contributed by atoms with Crippen LogP contribution in [0.5, 0.6) is 0 Å². The van der Waals surface area contributed by atoms with Crippen molar-refractivity contribution in [3.05, 3.63) is 54.0 Å². The second-order valence-corrected chi connectivity index (χ2v) is 9.16. The first-order chi connectivity index (χ1) is 12.8. The molecule has 1 aliphatic heterocycles. The lowest BCUT2D eigenvalue weighted by Crippen LogP contribution is -2.46. The molecule has 1 aromatic heterocycles. The number of furan rings is 1. The minimum Gasteiger partial charge on any atom is -0.472 e. The zero-order chi connectivity index (χ0) is 19.4. The molecule has 146 valence electrons. The highest BCUT2D eigenvalue weighted by molar-refractivity contribution is 7.89. The number of carbonyl (C=O) groups is 1. The van der Waals surface area contributed by atoms with Gasteiger partial charge in [0.15, 0.2) is 0 Å². The number of rotatable bonds is 6. The van der Waals surface area contributed by atoms with Gasteiger partial charge in [-0.3, -0.25) is 4.79 Å². The Balaban J connectivity index is 1.56. The summed E-state index contributed by atoms with van der Waals surface area (Å²) in [5.41, 5.74) is 1.66. The van der Waals surface area contributed by atoms with Crippen LogP contribution in [0.15, 0.2) is 52.2 Å². The van der Waals surface area contributed by atoms with Gasteiger partial charge in [0.05, 0.1) is 16.7 Å². The van der Waals surface area contributed by atoms with Crippen molar-refractivity contribution < 1.29 is 17.6 Å². The first-order valence-electron chi connectivity index (χ1n) is 9.28. The Morgan fingerprint density at radius 1 is 1.19 bits per heavy atom. The van der Waals surface area contributed by atoms with Crippen LogP contribution in [0.2, 0.25) is 0 Å². The van der Waals surface area contributed by atoms with Crippen LogP contribution in [0.1, 0.15) is 42.6 Å². The van der Waals surface area contributed by atoms with Gasteiger partial charge in [0.25, 0.3) is 5.91 Å². The monoisotopic (exact) mass is 390 g/mol. The fourth-order valence-electron chi connectivity index (χ4n) is 3.33. The Morgan fingerprint density at radius 2 is 1.85 bits per heavy atom. The van der Waals surface area contributed by atoms with Gasteiger partial charge in [-0.15, -0.1) is 0 Å².